The molecule has 0 saturated carbocycles. The van der Waals surface area contributed by atoms with Gasteiger partial charge in [0.2, 0.25) is 5.91 Å². The predicted molar refractivity (Wildman–Crippen MR) is 106 cm³/mol. The number of nitrogens with zero attached hydrogens (tertiary/aromatic N) is 2. The van der Waals surface area contributed by atoms with E-state index in [9.17, 15) is 14.0 Å². The number of benzene rings is 1. The van der Waals surface area contributed by atoms with E-state index in [-0.39, 0.29) is 48.0 Å². The average molecular weight is 422 g/mol. The Bertz CT molecular complexity index is 640. The molecule has 1 saturated heterocycles. The predicted octanol–water partition coefficient (Wildman–Crippen LogP) is 3.10. The molecule has 1 aliphatic rings. The van der Waals surface area contributed by atoms with Crippen molar-refractivity contribution in [2.75, 3.05) is 38.0 Å². The zero-order valence-electron chi connectivity index (χ0n) is 15.3. The highest BCUT2D eigenvalue weighted by Crippen LogP contribution is 2.20. The number of carbonyl (C=O) groups excluding carboxylic acids is 1. The third kappa shape index (κ3) is 7.62. The standard InChI is InChI=1S/C18H25ClFN3O3.ClH/c1-2-23(12-18(25)26)14-5-8-22(9-6-14)10-7-17(24)21-16-4-3-13(19)11-15(16)20;/h3-4,11,14H,2,5-10,12H2,1H3,(H,21,24)(H,25,26);1H. The first-order chi connectivity index (χ1) is 12.4. The van der Waals surface area contributed by atoms with E-state index in [1.165, 1.54) is 18.2 Å². The van der Waals surface area contributed by atoms with Gasteiger partial charge in [0.15, 0.2) is 0 Å². The van der Waals surface area contributed by atoms with Crippen molar-refractivity contribution in [3.63, 3.8) is 0 Å². The number of amides is 1. The summed E-state index contributed by atoms with van der Waals surface area (Å²) in [5, 5.41) is 11.8. The zero-order chi connectivity index (χ0) is 19.1. The van der Waals surface area contributed by atoms with Crippen LogP contribution in [0.3, 0.4) is 0 Å². The maximum absolute atomic E-state index is 13.7. The summed E-state index contributed by atoms with van der Waals surface area (Å²) in [6.45, 7) is 4.99. The molecule has 1 heterocycles. The Balaban J connectivity index is 0.00000364. The molecule has 9 heteroatoms. The number of aliphatic carboxylic acids is 1. The third-order valence-corrected chi connectivity index (χ3v) is 4.91. The molecule has 1 aliphatic heterocycles. The number of carbonyl (C=O) groups is 2. The summed E-state index contributed by atoms with van der Waals surface area (Å²) >= 11 is 5.69. The van der Waals surface area contributed by atoms with E-state index in [1.807, 2.05) is 11.8 Å². The first-order valence-corrected chi connectivity index (χ1v) is 9.20. The van der Waals surface area contributed by atoms with Crippen LogP contribution in [0.4, 0.5) is 10.1 Å². The van der Waals surface area contributed by atoms with E-state index in [1.54, 1.807) is 0 Å². The molecule has 1 fully saturated rings. The summed E-state index contributed by atoms with van der Waals surface area (Å²) in [5.41, 5.74) is 0.130. The molecule has 0 bridgehead atoms. The SMILES string of the molecule is CCN(CC(=O)O)C1CCN(CCC(=O)Nc2ccc(Cl)cc2F)CC1.Cl. The fourth-order valence-corrected chi connectivity index (χ4v) is 3.40. The molecule has 1 aromatic carbocycles. The monoisotopic (exact) mass is 421 g/mol. The van der Waals surface area contributed by atoms with Crippen molar-refractivity contribution in [1.82, 2.24) is 9.80 Å². The number of rotatable bonds is 8. The van der Waals surface area contributed by atoms with E-state index in [4.69, 9.17) is 16.7 Å². The van der Waals surface area contributed by atoms with Crippen molar-refractivity contribution < 1.29 is 19.1 Å². The quantitative estimate of drug-likeness (QED) is 0.674. The minimum Gasteiger partial charge on any atom is -0.480 e. The number of hydrogen-bond acceptors (Lipinski definition) is 4. The van der Waals surface area contributed by atoms with Crippen LogP contribution in [0.25, 0.3) is 0 Å². The molecule has 0 radical (unpaired) electrons. The second-order valence-corrected chi connectivity index (χ2v) is 6.89. The smallest absolute Gasteiger partial charge is 0.317 e. The Morgan fingerprint density at radius 1 is 1.37 bits per heavy atom. The van der Waals surface area contributed by atoms with Gasteiger partial charge in [0.05, 0.1) is 12.2 Å². The van der Waals surface area contributed by atoms with Gasteiger partial charge in [-0.2, -0.15) is 0 Å². The van der Waals surface area contributed by atoms with Gasteiger partial charge in [-0.1, -0.05) is 18.5 Å². The molecule has 0 aromatic heterocycles. The van der Waals surface area contributed by atoms with Crippen LogP contribution < -0.4 is 5.32 Å². The highest BCUT2D eigenvalue weighted by Gasteiger charge is 2.25. The molecular formula is C18H26Cl2FN3O3. The summed E-state index contributed by atoms with van der Waals surface area (Å²) in [4.78, 5) is 27.1. The van der Waals surface area contributed by atoms with Gasteiger partial charge < -0.3 is 15.3 Å². The van der Waals surface area contributed by atoms with Crippen molar-refractivity contribution in [3.8, 4) is 0 Å². The Labute approximate surface area is 170 Å². The lowest BCUT2D eigenvalue weighted by Crippen LogP contribution is -2.47. The van der Waals surface area contributed by atoms with E-state index < -0.39 is 11.8 Å². The van der Waals surface area contributed by atoms with Crippen LogP contribution in [0, 0.1) is 5.82 Å². The highest BCUT2D eigenvalue weighted by molar-refractivity contribution is 6.30. The van der Waals surface area contributed by atoms with Gasteiger partial charge >= 0.3 is 5.97 Å². The fourth-order valence-electron chi connectivity index (χ4n) is 3.24. The van der Waals surface area contributed by atoms with Gasteiger partial charge in [-0.05, 0) is 50.7 Å². The molecule has 0 atom stereocenters. The summed E-state index contributed by atoms with van der Waals surface area (Å²) < 4.78 is 13.7. The molecule has 1 aromatic rings. The second-order valence-electron chi connectivity index (χ2n) is 6.45. The summed E-state index contributed by atoms with van der Waals surface area (Å²) in [6, 6.07) is 4.41. The molecule has 1 amide bonds. The van der Waals surface area contributed by atoms with Gasteiger partial charge in [-0.3, -0.25) is 14.5 Å². The number of carboxylic acids is 1. The summed E-state index contributed by atoms with van der Waals surface area (Å²) in [7, 11) is 0. The number of anilines is 1. The highest BCUT2D eigenvalue weighted by atomic mass is 35.5. The minimum absolute atomic E-state index is 0. The van der Waals surface area contributed by atoms with Crippen LogP contribution in [-0.4, -0.2) is 65.5 Å². The molecular weight excluding hydrogens is 396 g/mol. The van der Waals surface area contributed by atoms with E-state index in [0.717, 1.165) is 25.9 Å². The number of likely N-dealkylation sites (tertiary alicyclic amines) is 1. The van der Waals surface area contributed by atoms with Gasteiger partial charge in [0.1, 0.15) is 5.82 Å². The van der Waals surface area contributed by atoms with Crippen molar-refractivity contribution in [2.45, 2.75) is 32.2 Å². The molecule has 2 N–H and O–H groups in total. The lowest BCUT2D eigenvalue weighted by atomic mass is 10.0. The first-order valence-electron chi connectivity index (χ1n) is 8.82. The van der Waals surface area contributed by atoms with E-state index >= 15 is 0 Å². The molecule has 0 unspecified atom stereocenters. The van der Waals surface area contributed by atoms with Crippen LogP contribution in [-0.2, 0) is 9.59 Å². The topological polar surface area (TPSA) is 72.9 Å². The number of halogens is 3. The molecule has 0 spiro atoms. The zero-order valence-corrected chi connectivity index (χ0v) is 16.9. The number of nitrogens with one attached hydrogen (secondary N) is 1. The number of likely N-dealkylation sites (N-methyl/N-ethyl adjacent to an activating group) is 1. The third-order valence-electron chi connectivity index (χ3n) is 4.68. The van der Waals surface area contributed by atoms with E-state index in [2.05, 4.69) is 10.2 Å². The van der Waals surface area contributed by atoms with Gasteiger partial charge in [0, 0.05) is 24.0 Å². The van der Waals surface area contributed by atoms with Crippen LogP contribution in [0.2, 0.25) is 5.02 Å². The largest absolute Gasteiger partial charge is 0.480 e. The molecule has 27 heavy (non-hydrogen) atoms. The number of hydrogen-bond donors (Lipinski definition) is 2. The minimum atomic E-state index is -0.805. The fraction of sp³-hybridized carbons (Fsp3) is 0.556. The average Bonchev–Trinajstić information content (AvgIpc) is 2.60. The maximum atomic E-state index is 13.7. The van der Waals surface area contributed by atoms with Crippen molar-refractivity contribution >= 4 is 41.6 Å². The van der Waals surface area contributed by atoms with Crippen LogP contribution in [0.15, 0.2) is 18.2 Å². The lowest BCUT2D eigenvalue weighted by molar-refractivity contribution is -0.139. The van der Waals surface area contributed by atoms with Gasteiger partial charge in [-0.25, -0.2) is 4.39 Å². The molecule has 152 valence electrons. The Morgan fingerprint density at radius 3 is 2.59 bits per heavy atom. The van der Waals surface area contributed by atoms with Crippen molar-refractivity contribution in [2.24, 2.45) is 0 Å². The summed E-state index contributed by atoms with van der Waals surface area (Å²) in [6.07, 6.45) is 2.04. The summed E-state index contributed by atoms with van der Waals surface area (Å²) in [5.74, 6) is -1.60. The van der Waals surface area contributed by atoms with E-state index in [0.29, 0.717) is 13.1 Å². The molecule has 2 rings (SSSR count). The second kappa shape index (κ2) is 11.4. The molecule has 6 nitrogen and oxygen atoms in total. The van der Waals surface area contributed by atoms with Crippen molar-refractivity contribution in [3.05, 3.63) is 29.0 Å². The Hall–Kier alpha value is -1.41. The lowest BCUT2D eigenvalue weighted by Gasteiger charge is -2.37. The van der Waals surface area contributed by atoms with Crippen LogP contribution in [0.5, 0.6) is 0 Å². The number of carboxylic acid groups (broad SMARTS) is 1. The van der Waals surface area contributed by atoms with Gasteiger partial charge in [0.25, 0.3) is 0 Å². The number of piperidine rings is 1. The molecule has 0 aliphatic carbocycles. The van der Waals surface area contributed by atoms with Gasteiger partial charge in [-0.15, -0.1) is 12.4 Å². The maximum Gasteiger partial charge on any atom is 0.317 e. The van der Waals surface area contributed by atoms with Crippen LogP contribution in [0.1, 0.15) is 26.2 Å². The van der Waals surface area contributed by atoms with Crippen LogP contribution >= 0.6 is 24.0 Å². The normalized spacial score (nSPS) is 15.4. The Kier molecular flexibility index (Phi) is 10.0. The Morgan fingerprint density at radius 2 is 2.04 bits per heavy atom. The van der Waals surface area contributed by atoms with Crippen molar-refractivity contribution in [1.29, 1.82) is 0 Å². The first kappa shape index (κ1) is 23.6.